The zero-order valence-corrected chi connectivity index (χ0v) is 19.9. The number of anilines is 2. The number of hydrogen-bond acceptors (Lipinski definition) is 6. The van der Waals surface area contributed by atoms with Crippen molar-refractivity contribution in [3.05, 3.63) is 71.8 Å². The quantitative estimate of drug-likeness (QED) is 0.481. The molecule has 1 aliphatic rings. The number of methoxy groups -OCH3 is 2. The molecule has 4 rings (SSSR count). The van der Waals surface area contributed by atoms with E-state index in [1.54, 1.807) is 26.0 Å². The summed E-state index contributed by atoms with van der Waals surface area (Å²) in [6.07, 6.45) is 2.89. The Labute approximate surface area is 198 Å². The number of fused-ring (bicyclic) bond motifs is 1. The lowest BCUT2D eigenvalue weighted by Crippen LogP contribution is -2.23. The van der Waals surface area contributed by atoms with E-state index in [1.807, 2.05) is 54.8 Å². The highest BCUT2D eigenvalue weighted by molar-refractivity contribution is 7.98. The summed E-state index contributed by atoms with van der Waals surface area (Å²) in [7, 11) is 3.28. The predicted octanol–water partition coefficient (Wildman–Crippen LogP) is 5.28. The Morgan fingerprint density at radius 1 is 1.03 bits per heavy atom. The Morgan fingerprint density at radius 3 is 2.42 bits per heavy atom. The van der Waals surface area contributed by atoms with E-state index < -0.39 is 0 Å². The molecule has 0 unspecified atom stereocenters. The number of nitrogens with one attached hydrogen (secondary N) is 1. The Kier molecular flexibility index (Phi) is 7.29. The SMILES string of the molecule is COc1cc(OC)cc(N2CCCOc3cc(C(=O)NCc4ccc(SC)cc4)ccc32)c1. The van der Waals surface area contributed by atoms with Gasteiger partial charge in [0.05, 0.1) is 26.5 Å². The van der Waals surface area contributed by atoms with Crippen LogP contribution in [0.25, 0.3) is 0 Å². The molecule has 1 heterocycles. The molecule has 1 amide bonds. The molecule has 1 N–H and O–H groups in total. The van der Waals surface area contributed by atoms with E-state index in [0.717, 1.165) is 41.4 Å². The van der Waals surface area contributed by atoms with Gasteiger partial charge in [-0.1, -0.05) is 12.1 Å². The molecule has 0 saturated heterocycles. The van der Waals surface area contributed by atoms with Crippen molar-refractivity contribution in [2.45, 2.75) is 17.9 Å². The standard InChI is InChI=1S/C26H28N2O4S/c1-30-21-14-20(15-22(16-21)31-2)28-11-4-12-32-25-13-19(7-10-24(25)28)26(29)27-17-18-5-8-23(33-3)9-6-18/h5-10,13-16H,4,11-12,17H2,1-3H3,(H,27,29). The van der Waals surface area contributed by atoms with Crippen molar-refractivity contribution in [1.82, 2.24) is 5.32 Å². The maximum atomic E-state index is 12.8. The highest BCUT2D eigenvalue weighted by Gasteiger charge is 2.21. The van der Waals surface area contributed by atoms with Gasteiger partial charge in [0.15, 0.2) is 0 Å². The molecular weight excluding hydrogens is 436 g/mol. The summed E-state index contributed by atoms with van der Waals surface area (Å²) in [5.74, 6) is 2.00. The average Bonchev–Trinajstić information content (AvgIpc) is 3.09. The normalized spacial score (nSPS) is 12.9. The summed E-state index contributed by atoms with van der Waals surface area (Å²) in [5, 5.41) is 3.00. The number of thioether (sulfide) groups is 1. The van der Waals surface area contributed by atoms with Crippen LogP contribution < -0.4 is 24.4 Å². The van der Waals surface area contributed by atoms with Gasteiger partial charge >= 0.3 is 0 Å². The summed E-state index contributed by atoms with van der Waals surface area (Å²) in [6.45, 7) is 1.83. The minimum Gasteiger partial charge on any atom is -0.497 e. The van der Waals surface area contributed by atoms with Gasteiger partial charge in [0.2, 0.25) is 0 Å². The van der Waals surface area contributed by atoms with Gasteiger partial charge in [-0.2, -0.15) is 0 Å². The number of rotatable bonds is 7. The van der Waals surface area contributed by atoms with Crippen LogP contribution in [0.1, 0.15) is 22.3 Å². The first-order chi connectivity index (χ1) is 16.1. The second-order valence-electron chi connectivity index (χ2n) is 7.64. The van der Waals surface area contributed by atoms with Gasteiger partial charge < -0.3 is 24.4 Å². The Bertz CT molecular complexity index is 1100. The van der Waals surface area contributed by atoms with Crippen LogP contribution in [-0.4, -0.2) is 39.5 Å². The zero-order valence-electron chi connectivity index (χ0n) is 19.1. The molecule has 172 valence electrons. The second kappa shape index (κ2) is 10.5. The average molecular weight is 465 g/mol. The van der Waals surface area contributed by atoms with Gasteiger partial charge in [-0.3, -0.25) is 4.79 Å². The molecule has 0 aliphatic carbocycles. The summed E-state index contributed by atoms with van der Waals surface area (Å²) >= 11 is 1.70. The first-order valence-corrected chi connectivity index (χ1v) is 12.0. The van der Waals surface area contributed by atoms with Crippen LogP contribution in [0.15, 0.2) is 65.6 Å². The third-order valence-corrected chi connectivity index (χ3v) is 6.30. The van der Waals surface area contributed by atoms with Gasteiger partial charge in [-0.25, -0.2) is 0 Å². The van der Waals surface area contributed by atoms with Crippen LogP contribution in [0, 0.1) is 0 Å². The lowest BCUT2D eigenvalue weighted by atomic mass is 10.1. The molecule has 7 heteroatoms. The summed E-state index contributed by atoms with van der Waals surface area (Å²) in [6, 6.07) is 19.6. The fourth-order valence-electron chi connectivity index (χ4n) is 3.76. The van der Waals surface area contributed by atoms with Crippen molar-refractivity contribution in [3.63, 3.8) is 0 Å². The number of carbonyl (C=O) groups excluding carboxylic acids is 1. The third-order valence-electron chi connectivity index (χ3n) is 5.56. The van der Waals surface area contributed by atoms with Crippen LogP contribution in [-0.2, 0) is 6.54 Å². The van der Waals surface area contributed by atoms with E-state index in [4.69, 9.17) is 14.2 Å². The number of hydrogen-bond donors (Lipinski definition) is 1. The van der Waals surface area contributed by atoms with Crippen molar-refractivity contribution in [1.29, 1.82) is 0 Å². The molecule has 1 aliphatic heterocycles. The van der Waals surface area contributed by atoms with Crippen LogP contribution >= 0.6 is 11.8 Å². The molecule has 33 heavy (non-hydrogen) atoms. The summed E-state index contributed by atoms with van der Waals surface area (Å²) < 4.78 is 16.9. The summed E-state index contributed by atoms with van der Waals surface area (Å²) in [4.78, 5) is 16.2. The van der Waals surface area contributed by atoms with Gasteiger partial charge in [-0.05, 0) is 48.6 Å². The van der Waals surface area contributed by atoms with Crippen LogP contribution in [0.2, 0.25) is 0 Å². The largest absolute Gasteiger partial charge is 0.497 e. The fourth-order valence-corrected chi connectivity index (χ4v) is 4.17. The highest BCUT2D eigenvalue weighted by Crippen LogP contribution is 2.39. The van der Waals surface area contributed by atoms with Crippen LogP contribution in [0.4, 0.5) is 11.4 Å². The molecular formula is C26H28N2O4S. The Morgan fingerprint density at radius 2 is 1.76 bits per heavy atom. The molecule has 3 aromatic rings. The van der Waals surface area contributed by atoms with Crippen molar-refractivity contribution in [3.8, 4) is 17.2 Å². The minimum absolute atomic E-state index is 0.130. The molecule has 0 saturated carbocycles. The molecule has 0 spiro atoms. The van der Waals surface area contributed by atoms with Gasteiger partial charge in [0, 0.05) is 47.4 Å². The maximum Gasteiger partial charge on any atom is 0.251 e. The lowest BCUT2D eigenvalue weighted by molar-refractivity contribution is 0.0950. The molecule has 0 radical (unpaired) electrons. The van der Waals surface area contributed by atoms with E-state index in [2.05, 4.69) is 22.3 Å². The highest BCUT2D eigenvalue weighted by atomic mass is 32.2. The van der Waals surface area contributed by atoms with Crippen molar-refractivity contribution in [2.75, 3.05) is 38.5 Å². The van der Waals surface area contributed by atoms with Gasteiger partial charge in [0.25, 0.3) is 5.91 Å². The molecule has 0 fully saturated rings. The van der Waals surface area contributed by atoms with Crippen LogP contribution in [0.5, 0.6) is 17.2 Å². The first kappa shape index (κ1) is 22.9. The maximum absolute atomic E-state index is 12.8. The monoisotopic (exact) mass is 464 g/mol. The second-order valence-corrected chi connectivity index (χ2v) is 8.52. The summed E-state index contributed by atoms with van der Waals surface area (Å²) in [5.41, 5.74) is 3.49. The first-order valence-electron chi connectivity index (χ1n) is 10.8. The smallest absolute Gasteiger partial charge is 0.251 e. The van der Waals surface area contributed by atoms with Crippen LogP contribution in [0.3, 0.4) is 0 Å². The van der Waals surface area contributed by atoms with Gasteiger partial charge in [0.1, 0.15) is 17.2 Å². The van der Waals surface area contributed by atoms with E-state index >= 15 is 0 Å². The third kappa shape index (κ3) is 5.37. The molecule has 0 bridgehead atoms. The molecule has 3 aromatic carbocycles. The molecule has 0 aromatic heterocycles. The predicted molar refractivity (Wildman–Crippen MR) is 132 cm³/mol. The van der Waals surface area contributed by atoms with Crippen molar-refractivity contribution < 1.29 is 19.0 Å². The topological polar surface area (TPSA) is 60.0 Å². The van der Waals surface area contributed by atoms with E-state index in [9.17, 15) is 4.79 Å². The number of nitrogens with zero attached hydrogens (tertiary/aromatic N) is 1. The van der Waals surface area contributed by atoms with E-state index in [-0.39, 0.29) is 5.91 Å². The number of benzene rings is 3. The fraction of sp³-hybridized carbons (Fsp3) is 0.269. The Hall–Kier alpha value is -3.32. The molecule has 0 atom stereocenters. The van der Waals surface area contributed by atoms with Gasteiger partial charge in [-0.15, -0.1) is 11.8 Å². The minimum atomic E-state index is -0.130. The number of ether oxygens (including phenoxy) is 3. The number of amides is 1. The zero-order chi connectivity index (χ0) is 23.2. The van der Waals surface area contributed by atoms with Crippen molar-refractivity contribution in [2.24, 2.45) is 0 Å². The van der Waals surface area contributed by atoms with E-state index in [1.165, 1.54) is 4.90 Å². The Balaban J connectivity index is 1.55. The molecule has 6 nitrogen and oxygen atoms in total. The van der Waals surface area contributed by atoms with E-state index in [0.29, 0.717) is 24.5 Å². The lowest BCUT2D eigenvalue weighted by Gasteiger charge is -2.25. The number of carbonyl (C=O) groups is 1. The van der Waals surface area contributed by atoms with Crippen molar-refractivity contribution >= 4 is 29.0 Å².